The van der Waals surface area contributed by atoms with Crippen molar-refractivity contribution in [2.24, 2.45) is 16.8 Å². The summed E-state index contributed by atoms with van der Waals surface area (Å²) in [4.78, 5) is 4.21. The summed E-state index contributed by atoms with van der Waals surface area (Å²) >= 11 is 0. The van der Waals surface area contributed by atoms with Crippen molar-refractivity contribution in [2.75, 3.05) is 13.6 Å². The summed E-state index contributed by atoms with van der Waals surface area (Å²) < 4.78 is 40.5. The minimum Gasteiger partial charge on any atom is -0.356 e. The standard InChI is InChI=1S/C18H29F3N6/c1-22-17(23-11-13-6-8-14(9-7-13)18(19,20)21)24-12-16-26-25-15-5-3-2-4-10-27(15)16/h13-14H,2-12H2,1H3,(H2,22,23,24). The summed E-state index contributed by atoms with van der Waals surface area (Å²) in [6.07, 6.45) is 2.11. The second-order valence-corrected chi connectivity index (χ2v) is 7.56. The first-order chi connectivity index (χ1) is 13.0. The van der Waals surface area contributed by atoms with Gasteiger partial charge in [0, 0.05) is 26.6 Å². The molecule has 3 rings (SSSR count). The van der Waals surface area contributed by atoms with Crippen molar-refractivity contribution in [1.82, 2.24) is 25.4 Å². The van der Waals surface area contributed by atoms with Gasteiger partial charge in [0.1, 0.15) is 5.82 Å². The average molecular weight is 386 g/mol. The normalized spacial score (nSPS) is 24.2. The predicted molar refractivity (Wildman–Crippen MR) is 97.3 cm³/mol. The summed E-state index contributed by atoms with van der Waals surface area (Å²) in [5.74, 6) is 1.73. The highest BCUT2D eigenvalue weighted by molar-refractivity contribution is 5.79. The van der Waals surface area contributed by atoms with Gasteiger partial charge in [-0.25, -0.2) is 0 Å². The van der Waals surface area contributed by atoms with Crippen molar-refractivity contribution in [3.8, 4) is 0 Å². The number of aromatic nitrogens is 3. The molecule has 0 unspecified atom stereocenters. The molecule has 0 bridgehead atoms. The third kappa shape index (κ3) is 5.35. The number of guanidine groups is 1. The lowest BCUT2D eigenvalue weighted by atomic mass is 9.81. The third-order valence-corrected chi connectivity index (χ3v) is 5.69. The Morgan fingerprint density at radius 1 is 1.11 bits per heavy atom. The quantitative estimate of drug-likeness (QED) is 0.617. The number of alkyl halides is 3. The molecule has 27 heavy (non-hydrogen) atoms. The Balaban J connectivity index is 1.44. The van der Waals surface area contributed by atoms with Crippen LogP contribution in [0.2, 0.25) is 0 Å². The number of hydrogen-bond acceptors (Lipinski definition) is 3. The molecule has 1 aliphatic carbocycles. The monoisotopic (exact) mass is 386 g/mol. The van der Waals surface area contributed by atoms with E-state index in [1.165, 1.54) is 6.42 Å². The van der Waals surface area contributed by atoms with Gasteiger partial charge in [-0.1, -0.05) is 6.42 Å². The second kappa shape index (κ2) is 8.93. The van der Waals surface area contributed by atoms with Crippen LogP contribution in [0, 0.1) is 11.8 Å². The summed E-state index contributed by atoms with van der Waals surface area (Å²) in [6.45, 7) is 2.13. The lowest BCUT2D eigenvalue weighted by Gasteiger charge is -2.30. The molecule has 0 spiro atoms. The fourth-order valence-electron chi connectivity index (χ4n) is 3.99. The molecule has 2 N–H and O–H groups in total. The zero-order chi connectivity index (χ0) is 19.3. The zero-order valence-electron chi connectivity index (χ0n) is 15.9. The van der Waals surface area contributed by atoms with Gasteiger partial charge >= 0.3 is 6.18 Å². The van der Waals surface area contributed by atoms with E-state index in [1.54, 1.807) is 7.05 Å². The Hall–Kier alpha value is -1.80. The van der Waals surface area contributed by atoms with Gasteiger partial charge in [0.15, 0.2) is 11.8 Å². The number of fused-ring (bicyclic) bond motifs is 1. The zero-order valence-corrected chi connectivity index (χ0v) is 15.9. The lowest BCUT2D eigenvalue weighted by Crippen LogP contribution is -2.41. The number of aryl methyl sites for hydroxylation is 1. The number of aliphatic imine (C=N–C) groups is 1. The maximum Gasteiger partial charge on any atom is 0.391 e. The number of hydrogen-bond donors (Lipinski definition) is 2. The van der Waals surface area contributed by atoms with E-state index in [2.05, 4.69) is 30.4 Å². The minimum atomic E-state index is -4.05. The van der Waals surface area contributed by atoms with Gasteiger partial charge in [-0.2, -0.15) is 13.2 Å². The van der Waals surface area contributed by atoms with Crippen LogP contribution in [-0.2, 0) is 19.5 Å². The number of rotatable bonds is 4. The van der Waals surface area contributed by atoms with E-state index in [9.17, 15) is 13.2 Å². The SMILES string of the molecule is CN=C(NCc1nnc2n1CCCCC2)NCC1CCC(C(F)(F)F)CC1. The molecule has 0 amide bonds. The van der Waals surface area contributed by atoms with E-state index in [0.29, 0.717) is 31.9 Å². The first kappa shape index (κ1) is 19.9. The van der Waals surface area contributed by atoms with Gasteiger partial charge in [0.05, 0.1) is 12.5 Å². The summed E-state index contributed by atoms with van der Waals surface area (Å²) in [7, 11) is 1.69. The average Bonchev–Trinajstić information content (AvgIpc) is 2.88. The Kier molecular flexibility index (Phi) is 6.59. The third-order valence-electron chi connectivity index (χ3n) is 5.69. The molecule has 2 aliphatic rings. The highest BCUT2D eigenvalue weighted by Crippen LogP contribution is 2.39. The van der Waals surface area contributed by atoms with E-state index >= 15 is 0 Å². The van der Waals surface area contributed by atoms with Crippen molar-refractivity contribution < 1.29 is 13.2 Å². The van der Waals surface area contributed by atoms with Crippen LogP contribution >= 0.6 is 0 Å². The topological polar surface area (TPSA) is 67.1 Å². The Labute approximate surface area is 158 Å². The van der Waals surface area contributed by atoms with Crippen LogP contribution < -0.4 is 10.6 Å². The molecule has 0 radical (unpaired) electrons. The molecule has 0 aromatic carbocycles. The van der Waals surface area contributed by atoms with Gasteiger partial charge in [-0.05, 0) is 44.4 Å². The van der Waals surface area contributed by atoms with Crippen molar-refractivity contribution in [1.29, 1.82) is 0 Å². The molecule has 1 saturated carbocycles. The van der Waals surface area contributed by atoms with Crippen LogP contribution in [0.3, 0.4) is 0 Å². The Morgan fingerprint density at radius 2 is 1.89 bits per heavy atom. The molecule has 2 heterocycles. The first-order valence-electron chi connectivity index (χ1n) is 9.89. The van der Waals surface area contributed by atoms with E-state index < -0.39 is 12.1 Å². The van der Waals surface area contributed by atoms with Crippen molar-refractivity contribution >= 4 is 5.96 Å². The molecule has 1 aliphatic heterocycles. The highest BCUT2D eigenvalue weighted by atomic mass is 19.4. The van der Waals surface area contributed by atoms with Crippen molar-refractivity contribution in [2.45, 2.75) is 70.6 Å². The number of halogens is 3. The Morgan fingerprint density at radius 3 is 2.59 bits per heavy atom. The first-order valence-corrected chi connectivity index (χ1v) is 9.89. The van der Waals surface area contributed by atoms with Crippen LogP contribution in [0.25, 0.3) is 0 Å². The van der Waals surface area contributed by atoms with Crippen LogP contribution in [0.5, 0.6) is 0 Å². The number of nitrogens with one attached hydrogen (secondary N) is 2. The molecule has 0 atom stereocenters. The van der Waals surface area contributed by atoms with E-state index in [4.69, 9.17) is 0 Å². The molecule has 1 aromatic heterocycles. The predicted octanol–water partition coefficient (Wildman–Crippen LogP) is 3.04. The Bertz CT molecular complexity index is 632. The molecule has 1 aromatic rings. The van der Waals surface area contributed by atoms with Crippen LogP contribution in [0.1, 0.15) is 56.6 Å². The maximum absolute atomic E-state index is 12.8. The molecule has 152 valence electrons. The van der Waals surface area contributed by atoms with E-state index in [0.717, 1.165) is 37.5 Å². The van der Waals surface area contributed by atoms with Crippen molar-refractivity contribution in [3.63, 3.8) is 0 Å². The summed E-state index contributed by atoms with van der Waals surface area (Å²) in [5.41, 5.74) is 0. The van der Waals surface area contributed by atoms with Gasteiger partial charge in [0.25, 0.3) is 0 Å². The van der Waals surface area contributed by atoms with E-state index in [-0.39, 0.29) is 18.8 Å². The fraction of sp³-hybridized carbons (Fsp3) is 0.833. The van der Waals surface area contributed by atoms with Gasteiger partial charge < -0.3 is 15.2 Å². The molecule has 0 saturated heterocycles. The molecular formula is C18H29F3N6. The molecular weight excluding hydrogens is 357 g/mol. The van der Waals surface area contributed by atoms with Gasteiger partial charge in [0.2, 0.25) is 0 Å². The summed E-state index contributed by atoms with van der Waals surface area (Å²) in [6, 6.07) is 0. The largest absolute Gasteiger partial charge is 0.391 e. The molecule has 9 heteroatoms. The minimum absolute atomic E-state index is 0.230. The highest BCUT2D eigenvalue weighted by Gasteiger charge is 2.41. The van der Waals surface area contributed by atoms with Crippen LogP contribution in [0.15, 0.2) is 4.99 Å². The van der Waals surface area contributed by atoms with Crippen LogP contribution in [-0.4, -0.2) is 40.5 Å². The smallest absolute Gasteiger partial charge is 0.356 e. The molecule has 6 nitrogen and oxygen atoms in total. The van der Waals surface area contributed by atoms with Crippen molar-refractivity contribution in [3.05, 3.63) is 11.6 Å². The van der Waals surface area contributed by atoms with Crippen LogP contribution in [0.4, 0.5) is 13.2 Å². The lowest BCUT2D eigenvalue weighted by molar-refractivity contribution is -0.183. The summed E-state index contributed by atoms with van der Waals surface area (Å²) in [5, 5.41) is 15.1. The maximum atomic E-state index is 12.8. The van der Waals surface area contributed by atoms with Gasteiger partial charge in [-0.15, -0.1) is 10.2 Å². The molecule has 1 fully saturated rings. The van der Waals surface area contributed by atoms with Gasteiger partial charge in [-0.3, -0.25) is 4.99 Å². The second-order valence-electron chi connectivity index (χ2n) is 7.56. The van der Waals surface area contributed by atoms with E-state index in [1.807, 2.05) is 0 Å². The fourth-order valence-corrected chi connectivity index (χ4v) is 3.99. The number of nitrogens with zero attached hydrogens (tertiary/aromatic N) is 4.